The Balaban J connectivity index is 1.15. The zero-order valence-electron chi connectivity index (χ0n) is 17.9. The van der Waals surface area contributed by atoms with Crippen LogP contribution in [-0.2, 0) is 6.42 Å². The fraction of sp³-hybridized carbons (Fsp3) is 0.591. The highest BCUT2D eigenvalue weighted by atomic mass is 35.5. The van der Waals surface area contributed by atoms with E-state index in [1.807, 2.05) is 24.3 Å². The van der Waals surface area contributed by atoms with Crippen LogP contribution >= 0.6 is 23.1 Å². The van der Waals surface area contributed by atoms with Gasteiger partial charge in [-0.1, -0.05) is 43.0 Å². The second-order valence-electron chi connectivity index (χ2n) is 8.36. The van der Waals surface area contributed by atoms with Gasteiger partial charge in [-0.2, -0.15) is 4.37 Å². The highest BCUT2D eigenvalue weighted by Gasteiger charge is 2.20. The van der Waals surface area contributed by atoms with E-state index < -0.39 is 0 Å². The highest BCUT2D eigenvalue weighted by Crippen LogP contribution is 2.21. The lowest BCUT2D eigenvalue weighted by molar-refractivity contribution is 0.225. The number of amides is 2. The summed E-state index contributed by atoms with van der Waals surface area (Å²) in [6.45, 7) is 5.37. The number of halogens is 1. The van der Waals surface area contributed by atoms with Crippen LogP contribution in [0.2, 0.25) is 5.02 Å². The zero-order valence-corrected chi connectivity index (χ0v) is 19.4. The Bertz CT molecular complexity index is 831. The Morgan fingerprint density at radius 2 is 1.84 bits per heavy atom. The molecule has 2 aliphatic rings. The van der Waals surface area contributed by atoms with E-state index in [2.05, 4.69) is 24.8 Å². The summed E-state index contributed by atoms with van der Waals surface area (Å²) in [4.78, 5) is 21.5. The predicted molar refractivity (Wildman–Crippen MR) is 126 cm³/mol. The van der Waals surface area contributed by atoms with Crippen molar-refractivity contribution >= 4 is 34.3 Å². The normalized spacial score (nSPS) is 18.2. The van der Waals surface area contributed by atoms with E-state index in [4.69, 9.17) is 16.6 Å². The molecule has 2 fully saturated rings. The molecule has 1 aromatic carbocycles. The molecule has 31 heavy (non-hydrogen) atoms. The third-order valence-electron chi connectivity index (χ3n) is 6.03. The highest BCUT2D eigenvalue weighted by molar-refractivity contribution is 7.09. The summed E-state index contributed by atoms with van der Waals surface area (Å²) in [6, 6.07) is 8.17. The molecule has 1 aliphatic heterocycles. The van der Waals surface area contributed by atoms with Gasteiger partial charge in [-0.05, 0) is 30.5 Å². The van der Waals surface area contributed by atoms with Crippen LogP contribution in [0.15, 0.2) is 24.3 Å². The van der Waals surface area contributed by atoms with Crippen molar-refractivity contribution in [3.05, 3.63) is 40.7 Å². The van der Waals surface area contributed by atoms with Crippen LogP contribution in [-0.4, -0.2) is 65.6 Å². The maximum absolute atomic E-state index is 12.1. The summed E-state index contributed by atoms with van der Waals surface area (Å²) in [6.07, 6.45) is 6.71. The molecule has 0 unspecified atom stereocenters. The fourth-order valence-corrected chi connectivity index (χ4v) is 5.07. The van der Waals surface area contributed by atoms with Crippen molar-refractivity contribution in [2.75, 3.05) is 44.2 Å². The van der Waals surface area contributed by atoms with Crippen LogP contribution < -0.4 is 15.5 Å². The Morgan fingerprint density at radius 3 is 2.58 bits per heavy atom. The second kappa shape index (κ2) is 11.1. The summed E-state index contributed by atoms with van der Waals surface area (Å²) < 4.78 is 4.53. The van der Waals surface area contributed by atoms with Gasteiger partial charge in [0.25, 0.3) is 0 Å². The van der Waals surface area contributed by atoms with Crippen molar-refractivity contribution in [2.45, 2.75) is 44.6 Å². The van der Waals surface area contributed by atoms with Crippen molar-refractivity contribution in [2.24, 2.45) is 0 Å². The first kappa shape index (κ1) is 22.3. The molecule has 2 aromatic rings. The van der Waals surface area contributed by atoms with Crippen molar-refractivity contribution in [3.63, 3.8) is 0 Å². The first-order valence-electron chi connectivity index (χ1n) is 11.2. The minimum absolute atomic E-state index is 0.0207. The topological polar surface area (TPSA) is 73.4 Å². The van der Waals surface area contributed by atoms with Crippen molar-refractivity contribution < 1.29 is 4.79 Å². The zero-order chi connectivity index (χ0) is 21.5. The number of carbonyl (C=O) groups excluding carboxylic acids is 1. The number of urea groups is 1. The largest absolute Gasteiger partial charge is 0.344 e. The molecule has 7 nitrogen and oxygen atoms in total. The lowest BCUT2D eigenvalue weighted by Gasteiger charge is -2.34. The van der Waals surface area contributed by atoms with Crippen molar-refractivity contribution in [1.29, 1.82) is 0 Å². The molecule has 9 heteroatoms. The molecule has 0 radical (unpaired) electrons. The van der Waals surface area contributed by atoms with E-state index in [9.17, 15) is 4.79 Å². The number of hydrogen-bond donors (Lipinski definition) is 2. The molecule has 2 amide bonds. The third-order valence-corrected chi connectivity index (χ3v) is 7.10. The number of piperazine rings is 1. The molecule has 0 spiro atoms. The minimum atomic E-state index is -0.0207. The molecule has 2 N–H and O–H groups in total. The molecule has 1 saturated carbocycles. The number of nitrogens with one attached hydrogen (secondary N) is 2. The van der Waals surface area contributed by atoms with Gasteiger partial charge in [0.1, 0.15) is 5.82 Å². The number of nitrogens with zero attached hydrogens (tertiary/aromatic N) is 4. The Hall–Kier alpha value is -1.90. The average Bonchev–Trinajstić information content (AvgIpc) is 3.25. The van der Waals surface area contributed by atoms with Crippen molar-refractivity contribution in [1.82, 2.24) is 24.9 Å². The van der Waals surface area contributed by atoms with E-state index >= 15 is 0 Å². The summed E-state index contributed by atoms with van der Waals surface area (Å²) >= 11 is 7.43. The quantitative estimate of drug-likeness (QED) is 0.658. The van der Waals surface area contributed by atoms with Crippen LogP contribution in [0.4, 0.5) is 9.93 Å². The Morgan fingerprint density at radius 1 is 1.10 bits per heavy atom. The molecule has 0 bridgehead atoms. The number of hydrogen-bond acceptors (Lipinski definition) is 6. The standard InChI is InChI=1S/C22H31ClN6OS/c23-18-8-6-17(7-9-18)16-20-26-22(31-27-20)29-14-12-28(13-15-29)11-10-24-21(30)25-19-4-2-1-3-5-19/h6-9,19H,1-5,10-16H2,(H2,24,25,30). The molecular weight excluding hydrogens is 432 g/mol. The van der Waals surface area contributed by atoms with Gasteiger partial charge in [-0.15, -0.1) is 0 Å². The molecule has 1 aliphatic carbocycles. The summed E-state index contributed by atoms with van der Waals surface area (Å²) in [5.74, 6) is 0.859. The molecule has 1 saturated heterocycles. The number of carbonyl (C=O) groups is 1. The first-order chi connectivity index (χ1) is 15.2. The van der Waals surface area contributed by atoms with Gasteiger partial charge in [0.05, 0.1) is 0 Å². The molecule has 2 heterocycles. The first-order valence-corrected chi connectivity index (χ1v) is 12.4. The number of anilines is 1. The van der Waals surface area contributed by atoms with Gasteiger partial charge < -0.3 is 15.5 Å². The SMILES string of the molecule is O=C(NCCN1CCN(c2nc(Cc3ccc(Cl)cc3)ns2)CC1)NC1CCCCC1. The van der Waals surface area contributed by atoms with Crippen LogP contribution in [0.5, 0.6) is 0 Å². The maximum atomic E-state index is 12.1. The molecule has 1 aromatic heterocycles. The van der Waals surface area contributed by atoms with Gasteiger partial charge in [0.15, 0.2) is 0 Å². The molecular formula is C22H31ClN6OS. The lowest BCUT2D eigenvalue weighted by Crippen LogP contribution is -2.50. The van der Waals surface area contributed by atoms with E-state index in [-0.39, 0.29) is 6.03 Å². The van der Waals surface area contributed by atoms with Gasteiger partial charge in [0, 0.05) is 68.3 Å². The minimum Gasteiger partial charge on any atom is -0.344 e. The summed E-state index contributed by atoms with van der Waals surface area (Å²) in [7, 11) is 0. The maximum Gasteiger partial charge on any atom is 0.315 e. The molecule has 168 valence electrons. The van der Waals surface area contributed by atoms with E-state index in [0.29, 0.717) is 12.6 Å². The van der Waals surface area contributed by atoms with Crippen LogP contribution in [0.1, 0.15) is 43.5 Å². The van der Waals surface area contributed by atoms with E-state index in [1.165, 1.54) is 36.4 Å². The van der Waals surface area contributed by atoms with E-state index in [0.717, 1.165) is 68.0 Å². The van der Waals surface area contributed by atoms with Gasteiger partial charge in [0.2, 0.25) is 5.13 Å². The lowest BCUT2D eigenvalue weighted by atomic mass is 9.96. The van der Waals surface area contributed by atoms with Gasteiger partial charge in [-0.25, -0.2) is 9.78 Å². The van der Waals surface area contributed by atoms with Gasteiger partial charge >= 0.3 is 6.03 Å². The van der Waals surface area contributed by atoms with Crippen LogP contribution in [0.3, 0.4) is 0 Å². The monoisotopic (exact) mass is 462 g/mol. The predicted octanol–water partition coefficient (Wildman–Crippen LogP) is 3.54. The molecule has 4 rings (SSSR count). The average molecular weight is 463 g/mol. The van der Waals surface area contributed by atoms with E-state index in [1.54, 1.807) is 0 Å². The number of aromatic nitrogens is 2. The van der Waals surface area contributed by atoms with Crippen LogP contribution in [0.25, 0.3) is 0 Å². The smallest absolute Gasteiger partial charge is 0.315 e. The summed E-state index contributed by atoms with van der Waals surface area (Å²) in [5, 5.41) is 7.86. The van der Waals surface area contributed by atoms with Gasteiger partial charge in [-0.3, -0.25) is 4.90 Å². The third kappa shape index (κ3) is 6.79. The summed E-state index contributed by atoms with van der Waals surface area (Å²) in [5.41, 5.74) is 1.17. The Kier molecular flexibility index (Phi) is 7.99. The fourth-order valence-electron chi connectivity index (χ4n) is 4.20. The number of benzene rings is 1. The molecule has 0 atom stereocenters. The second-order valence-corrected chi connectivity index (χ2v) is 9.53. The van der Waals surface area contributed by atoms with Crippen LogP contribution in [0, 0.1) is 0 Å². The van der Waals surface area contributed by atoms with Crippen molar-refractivity contribution in [3.8, 4) is 0 Å². The number of rotatable bonds is 7. The Labute approximate surface area is 193 Å².